The molecule has 2 nitrogen and oxygen atoms in total. The van der Waals surface area contributed by atoms with Crippen LogP contribution in [0.15, 0.2) is 0 Å². The van der Waals surface area contributed by atoms with E-state index in [1.54, 1.807) is 0 Å². The van der Waals surface area contributed by atoms with Crippen LogP contribution in [-0.4, -0.2) is 37.1 Å². The minimum atomic E-state index is 0.799. The van der Waals surface area contributed by atoms with Gasteiger partial charge < -0.3 is 10.2 Å². The topological polar surface area (TPSA) is 15.3 Å². The molecule has 0 saturated heterocycles. The van der Waals surface area contributed by atoms with Crippen LogP contribution in [0, 0.1) is 0 Å². The van der Waals surface area contributed by atoms with Gasteiger partial charge in [0.1, 0.15) is 0 Å². The van der Waals surface area contributed by atoms with E-state index < -0.39 is 0 Å². The normalized spacial score (nSPS) is 13.3. The van der Waals surface area contributed by atoms with Gasteiger partial charge in [-0.2, -0.15) is 0 Å². The first-order valence-electron chi connectivity index (χ1n) is 7.24. The smallest absolute Gasteiger partial charge is 0.00929 e. The first-order chi connectivity index (χ1) is 7.79. The third-order valence-electron chi connectivity index (χ3n) is 3.22. The molecule has 98 valence electrons. The Morgan fingerprint density at radius 3 is 2.25 bits per heavy atom. The van der Waals surface area contributed by atoms with Crippen molar-refractivity contribution >= 4 is 0 Å². The minimum absolute atomic E-state index is 0.799. The van der Waals surface area contributed by atoms with Crippen molar-refractivity contribution < 1.29 is 0 Å². The van der Waals surface area contributed by atoms with E-state index in [1.165, 1.54) is 58.3 Å². The molecule has 0 saturated carbocycles. The fourth-order valence-electron chi connectivity index (χ4n) is 2.30. The Morgan fingerprint density at radius 2 is 1.75 bits per heavy atom. The van der Waals surface area contributed by atoms with Gasteiger partial charge in [0.15, 0.2) is 0 Å². The van der Waals surface area contributed by atoms with E-state index in [9.17, 15) is 0 Å². The summed E-state index contributed by atoms with van der Waals surface area (Å²) in [6.45, 7) is 13.9. The van der Waals surface area contributed by atoms with E-state index in [4.69, 9.17) is 0 Å². The number of hydrogen-bond donors (Lipinski definition) is 1. The van der Waals surface area contributed by atoms with Gasteiger partial charge in [-0.15, -0.1) is 0 Å². The number of hydrogen-bond acceptors (Lipinski definition) is 2. The van der Waals surface area contributed by atoms with E-state index in [0.717, 1.165) is 6.04 Å². The van der Waals surface area contributed by atoms with E-state index in [2.05, 4.69) is 37.9 Å². The largest absolute Gasteiger partial charge is 0.317 e. The Bertz CT molecular complexity index is 137. The number of nitrogens with one attached hydrogen (secondary N) is 1. The molecule has 0 amide bonds. The first kappa shape index (κ1) is 15.9. The highest BCUT2D eigenvalue weighted by molar-refractivity contribution is 4.69. The summed E-state index contributed by atoms with van der Waals surface area (Å²) in [6.07, 6.45) is 6.48. The minimum Gasteiger partial charge on any atom is -0.317 e. The van der Waals surface area contributed by atoms with Crippen molar-refractivity contribution in [3.8, 4) is 0 Å². The molecule has 16 heavy (non-hydrogen) atoms. The van der Waals surface area contributed by atoms with Crippen LogP contribution in [0.1, 0.15) is 59.8 Å². The molecule has 0 aliphatic rings. The molecule has 0 heterocycles. The molecule has 0 rings (SSSR count). The van der Waals surface area contributed by atoms with Gasteiger partial charge in [0, 0.05) is 6.04 Å². The average molecular weight is 228 g/mol. The molecule has 1 unspecified atom stereocenters. The third kappa shape index (κ3) is 7.24. The quantitative estimate of drug-likeness (QED) is 0.546. The van der Waals surface area contributed by atoms with Crippen molar-refractivity contribution in [2.45, 2.75) is 65.8 Å². The second kappa shape index (κ2) is 11.4. The van der Waals surface area contributed by atoms with Gasteiger partial charge in [-0.3, -0.25) is 0 Å². The molecule has 0 spiro atoms. The highest BCUT2D eigenvalue weighted by atomic mass is 15.1. The lowest BCUT2D eigenvalue weighted by atomic mass is 10.1. The first-order valence-corrected chi connectivity index (χ1v) is 7.24. The molecule has 0 aliphatic heterocycles. The summed E-state index contributed by atoms with van der Waals surface area (Å²) in [4.78, 5) is 2.64. The van der Waals surface area contributed by atoms with E-state index in [-0.39, 0.29) is 0 Å². The highest BCUT2D eigenvalue weighted by Crippen LogP contribution is 2.11. The van der Waals surface area contributed by atoms with Gasteiger partial charge >= 0.3 is 0 Å². The Balaban J connectivity index is 3.70. The van der Waals surface area contributed by atoms with Gasteiger partial charge in [0.2, 0.25) is 0 Å². The predicted octanol–water partition coefficient (Wildman–Crippen LogP) is 3.28. The van der Waals surface area contributed by atoms with E-state index in [0.29, 0.717) is 0 Å². The van der Waals surface area contributed by atoms with Gasteiger partial charge in [0.25, 0.3) is 0 Å². The molecule has 0 fully saturated rings. The second-order valence-electron chi connectivity index (χ2n) is 4.58. The van der Waals surface area contributed by atoms with E-state index >= 15 is 0 Å². The molecule has 0 bridgehead atoms. The van der Waals surface area contributed by atoms with Crippen LogP contribution in [0.4, 0.5) is 0 Å². The van der Waals surface area contributed by atoms with Gasteiger partial charge in [-0.25, -0.2) is 0 Å². The van der Waals surface area contributed by atoms with Gasteiger partial charge in [0.05, 0.1) is 0 Å². The zero-order valence-corrected chi connectivity index (χ0v) is 11.9. The lowest BCUT2D eigenvalue weighted by Crippen LogP contribution is -2.36. The lowest BCUT2D eigenvalue weighted by Gasteiger charge is -2.29. The molecule has 0 radical (unpaired) electrons. The van der Waals surface area contributed by atoms with Crippen LogP contribution in [0.3, 0.4) is 0 Å². The maximum absolute atomic E-state index is 3.48. The van der Waals surface area contributed by atoms with Gasteiger partial charge in [-0.1, -0.05) is 27.7 Å². The van der Waals surface area contributed by atoms with Crippen molar-refractivity contribution in [1.29, 1.82) is 0 Å². The fraction of sp³-hybridized carbons (Fsp3) is 1.00. The van der Waals surface area contributed by atoms with Crippen molar-refractivity contribution in [2.24, 2.45) is 0 Å². The summed E-state index contributed by atoms with van der Waals surface area (Å²) in [6, 6.07) is 0.799. The van der Waals surface area contributed by atoms with Crippen LogP contribution in [-0.2, 0) is 0 Å². The van der Waals surface area contributed by atoms with Crippen LogP contribution < -0.4 is 5.32 Å². The van der Waals surface area contributed by atoms with Crippen molar-refractivity contribution in [3.63, 3.8) is 0 Å². The molecular weight excluding hydrogens is 196 g/mol. The van der Waals surface area contributed by atoms with Crippen LogP contribution in [0.2, 0.25) is 0 Å². The Labute approximate surface area is 103 Å². The molecule has 0 aromatic heterocycles. The monoisotopic (exact) mass is 228 g/mol. The Morgan fingerprint density at radius 1 is 1.00 bits per heavy atom. The summed E-state index contributed by atoms with van der Waals surface area (Å²) in [5.74, 6) is 0. The summed E-state index contributed by atoms with van der Waals surface area (Å²) < 4.78 is 0. The maximum atomic E-state index is 3.48. The summed E-state index contributed by atoms with van der Waals surface area (Å²) in [7, 11) is 0. The van der Waals surface area contributed by atoms with Crippen molar-refractivity contribution in [1.82, 2.24) is 10.2 Å². The number of rotatable bonds is 11. The Kier molecular flexibility index (Phi) is 11.3. The molecule has 0 aliphatic carbocycles. The summed E-state index contributed by atoms with van der Waals surface area (Å²) in [5.41, 5.74) is 0. The molecule has 1 atom stereocenters. The standard InChI is InChI=1S/C14H32N2/c1-5-11-15-12-9-10-14(7-3)16(8-4)13-6-2/h14-15H,5-13H2,1-4H3. The zero-order chi connectivity index (χ0) is 12.2. The molecule has 1 N–H and O–H groups in total. The van der Waals surface area contributed by atoms with Crippen LogP contribution in [0.25, 0.3) is 0 Å². The summed E-state index contributed by atoms with van der Waals surface area (Å²) in [5, 5.41) is 3.48. The fourth-order valence-corrected chi connectivity index (χ4v) is 2.30. The lowest BCUT2D eigenvalue weighted by molar-refractivity contribution is 0.188. The van der Waals surface area contributed by atoms with Crippen LogP contribution >= 0.6 is 0 Å². The number of nitrogens with zero attached hydrogens (tertiary/aromatic N) is 1. The average Bonchev–Trinajstić information content (AvgIpc) is 2.31. The molecular formula is C14H32N2. The zero-order valence-electron chi connectivity index (χ0n) is 11.9. The van der Waals surface area contributed by atoms with Crippen molar-refractivity contribution in [3.05, 3.63) is 0 Å². The predicted molar refractivity (Wildman–Crippen MR) is 74.0 cm³/mol. The SMILES string of the molecule is CCCNCCCC(CC)N(CC)CCC. The molecule has 0 aromatic rings. The second-order valence-corrected chi connectivity index (χ2v) is 4.58. The third-order valence-corrected chi connectivity index (χ3v) is 3.22. The molecule has 2 heteroatoms. The van der Waals surface area contributed by atoms with Crippen LogP contribution in [0.5, 0.6) is 0 Å². The highest BCUT2D eigenvalue weighted by Gasteiger charge is 2.13. The van der Waals surface area contributed by atoms with Crippen molar-refractivity contribution in [2.75, 3.05) is 26.2 Å². The maximum Gasteiger partial charge on any atom is 0.00929 e. The molecule has 0 aromatic carbocycles. The van der Waals surface area contributed by atoms with E-state index in [1.807, 2.05) is 0 Å². The van der Waals surface area contributed by atoms with Gasteiger partial charge in [-0.05, 0) is 58.3 Å². The Hall–Kier alpha value is -0.0800. The summed E-state index contributed by atoms with van der Waals surface area (Å²) >= 11 is 0.